The minimum absolute atomic E-state index is 0.0714. The summed E-state index contributed by atoms with van der Waals surface area (Å²) in [6.45, 7) is 7.12. The molecule has 2 unspecified atom stereocenters. The van der Waals surface area contributed by atoms with Crippen molar-refractivity contribution in [1.29, 1.82) is 0 Å². The second-order valence-electron chi connectivity index (χ2n) is 10.9. The number of aliphatic hydroxyl groups is 1. The minimum Gasteiger partial charge on any atom is -0.481 e. The first-order valence-electron chi connectivity index (χ1n) is 13.3. The zero-order chi connectivity index (χ0) is 29.1. The maximum absolute atomic E-state index is 12.6. The third-order valence-electron chi connectivity index (χ3n) is 6.84. The fourth-order valence-electron chi connectivity index (χ4n) is 4.65. The molecule has 2 aromatic rings. The second kappa shape index (κ2) is 14.6. The Morgan fingerprint density at radius 1 is 0.974 bits per heavy atom. The van der Waals surface area contributed by atoms with Crippen LogP contribution >= 0.6 is 0 Å². The van der Waals surface area contributed by atoms with Crippen LogP contribution in [-0.2, 0) is 47.3 Å². The molecule has 39 heavy (non-hydrogen) atoms. The van der Waals surface area contributed by atoms with E-state index in [0.717, 1.165) is 11.1 Å². The summed E-state index contributed by atoms with van der Waals surface area (Å²) < 4.78 is 35.5. The summed E-state index contributed by atoms with van der Waals surface area (Å²) in [5.41, 5.74) is 0.509. The highest BCUT2D eigenvalue weighted by molar-refractivity contribution is 7.91. The molecular formula is C30H42O8S. The van der Waals surface area contributed by atoms with Gasteiger partial charge in [-0.2, -0.15) is 0 Å². The summed E-state index contributed by atoms with van der Waals surface area (Å²) in [7, 11) is -3.39. The summed E-state index contributed by atoms with van der Waals surface area (Å²) in [6.07, 6.45) is 0.698. The number of rotatable bonds is 17. The molecule has 0 aliphatic carbocycles. The van der Waals surface area contributed by atoms with Crippen LogP contribution in [0.1, 0.15) is 63.6 Å². The van der Waals surface area contributed by atoms with E-state index >= 15 is 0 Å². The summed E-state index contributed by atoms with van der Waals surface area (Å²) in [5.74, 6) is -1.80. The Morgan fingerprint density at radius 3 is 2.26 bits per heavy atom. The van der Waals surface area contributed by atoms with E-state index in [2.05, 4.69) is 0 Å². The second-order valence-corrected chi connectivity index (χ2v) is 13.1. The predicted octanol–water partition coefficient (Wildman–Crippen LogP) is 4.32. The van der Waals surface area contributed by atoms with Gasteiger partial charge in [0.05, 0.1) is 36.7 Å². The van der Waals surface area contributed by atoms with Crippen molar-refractivity contribution in [3.63, 3.8) is 0 Å². The summed E-state index contributed by atoms with van der Waals surface area (Å²) >= 11 is 0. The van der Waals surface area contributed by atoms with Crippen LogP contribution in [0.15, 0.2) is 54.6 Å². The first-order valence-corrected chi connectivity index (χ1v) is 15.1. The van der Waals surface area contributed by atoms with Crippen molar-refractivity contribution < 1.29 is 37.7 Å². The monoisotopic (exact) mass is 562 g/mol. The number of aliphatic hydroxyl groups excluding tert-OH is 1. The standard InChI is InChI=1S/C30H42O8S/c1-5-37-27(32)26(38-21-23-11-7-6-8-12-23)20-24-13-9-14-25(19-24)30(4,28(33)34)16-10-15-29(2,3)22-39(35,36)18-17-31/h6-9,11-14,19,26,31H,5,10,15-18,20-22H2,1-4H3,(H,33,34). The van der Waals surface area contributed by atoms with Crippen molar-refractivity contribution in [2.45, 2.75) is 71.5 Å². The molecule has 0 spiro atoms. The van der Waals surface area contributed by atoms with E-state index < -0.39 is 45.3 Å². The van der Waals surface area contributed by atoms with Crippen LogP contribution in [0.3, 0.4) is 0 Å². The number of aliphatic carboxylic acids is 1. The average molecular weight is 563 g/mol. The Balaban J connectivity index is 2.17. The van der Waals surface area contributed by atoms with Crippen LogP contribution in [0.25, 0.3) is 0 Å². The van der Waals surface area contributed by atoms with Gasteiger partial charge in [0.25, 0.3) is 0 Å². The van der Waals surface area contributed by atoms with Gasteiger partial charge in [0.1, 0.15) is 0 Å². The Hall–Kier alpha value is -2.75. The van der Waals surface area contributed by atoms with E-state index in [4.69, 9.17) is 14.6 Å². The lowest BCUT2D eigenvalue weighted by Crippen LogP contribution is -2.34. The molecule has 0 radical (unpaired) electrons. The molecule has 216 valence electrons. The molecule has 9 heteroatoms. The molecule has 0 heterocycles. The summed E-state index contributed by atoms with van der Waals surface area (Å²) in [6, 6.07) is 16.7. The summed E-state index contributed by atoms with van der Waals surface area (Å²) in [5, 5.41) is 19.2. The number of sulfone groups is 1. The molecule has 0 aliphatic heterocycles. The van der Waals surface area contributed by atoms with E-state index in [1.165, 1.54) is 0 Å². The molecule has 0 saturated heterocycles. The number of hydrogen-bond donors (Lipinski definition) is 2. The largest absolute Gasteiger partial charge is 0.481 e. The van der Waals surface area contributed by atoms with Crippen molar-refractivity contribution in [2.24, 2.45) is 5.41 Å². The van der Waals surface area contributed by atoms with Gasteiger partial charge in [0.2, 0.25) is 0 Å². The average Bonchev–Trinajstić information content (AvgIpc) is 2.86. The summed E-state index contributed by atoms with van der Waals surface area (Å²) in [4.78, 5) is 25.1. The first-order chi connectivity index (χ1) is 18.3. The number of carbonyl (C=O) groups is 2. The molecule has 0 saturated carbocycles. The topological polar surface area (TPSA) is 127 Å². The van der Waals surface area contributed by atoms with Gasteiger partial charge in [-0.05, 0) is 48.8 Å². The zero-order valence-corrected chi connectivity index (χ0v) is 24.2. The van der Waals surface area contributed by atoms with Gasteiger partial charge in [-0.15, -0.1) is 0 Å². The molecule has 0 fully saturated rings. The maximum atomic E-state index is 12.6. The van der Waals surface area contributed by atoms with E-state index in [1.807, 2.05) is 50.2 Å². The highest BCUT2D eigenvalue weighted by Gasteiger charge is 2.36. The lowest BCUT2D eigenvalue weighted by atomic mass is 9.76. The van der Waals surface area contributed by atoms with E-state index in [-0.39, 0.29) is 31.1 Å². The molecule has 0 amide bonds. The Bertz CT molecular complexity index is 1180. The lowest BCUT2D eigenvalue weighted by Gasteiger charge is -2.29. The smallest absolute Gasteiger partial charge is 0.335 e. The quantitative estimate of drug-likeness (QED) is 0.273. The number of esters is 1. The highest BCUT2D eigenvalue weighted by atomic mass is 32.2. The van der Waals surface area contributed by atoms with Crippen molar-refractivity contribution in [3.05, 3.63) is 71.3 Å². The minimum atomic E-state index is -3.39. The molecule has 2 aromatic carbocycles. The van der Waals surface area contributed by atoms with Gasteiger partial charge in [-0.25, -0.2) is 13.2 Å². The third-order valence-corrected chi connectivity index (χ3v) is 8.87. The number of hydrogen-bond acceptors (Lipinski definition) is 7. The number of carboxylic acids is 1. The van der Waals surface area contributed by atoms with Crippen molar-refractivity contribution in [2.75, 3.05) is 24.7 Å². The zero-order valence-electron chi connectivity index (χ0n) is 23.4. The van der Waals surface area contributed by atoms with E-state index in [9.17, 15) is 23.1 Å². The SMILES string of the molecule is CCOC(=O)C(Cc1cccc(C(C)(CCCC(C)(C)CS(=O)(=O)CCO)C(=O)O)c1)OCc1ccccc1. The fourth-order valence-corrected chi connectivity index (χ4v) is 6.40. The van der Waals surface area contributed by atoms with Crippen LogP contribution in [0, 0.1) is 5.41 Å². The van der Waals surface area contributed by atoms with E-state index in [0.29, 0.717) is 24.8 Å². The van der Waals surface area contributed by atoms with Crippen LogP contribution in [-0.4, -0.2) is 61.4 Å². The van der Waals surface area contributed by atoms with Gasteiger partial charge in [0.15, 0.2) is 15.9 Å². The van der Waals surface area contributed by atoms with Crippen LogP contribution in [0.4, 0.5) is 0 Å². The van der Waals surface area contributed by atoms with Gasteiger partial charge >= 0.3 is 11.9 Å². The van der Waals surface area contributed by atoms with Gasteiger partial charge in [-0.3, -0.25) is 4.79 Å². The number of benzene rings is 2. The number of carboxylic acid groups (broad SMARTS) is 1. The Labute approximate surface area is 232 Å². The molecule has 0 bridgehead atoms. The predicted molar refractivity (Wildman–Crippen MR) is 150 cm³/mol. The molecular weight excluding hydrogens is 520 g/mol. The van der Waals surface area contributed by atoms with Gasteiger partial charge < -0.3 is 19.7 Å². The van der Waals surface area contributed by atoms with Crippen LogP contribution in [0.2, 0.25) is 0 Å². The van der Waals surface area contributed by atoms with Gasteiger partial charge in [-0.1, -0.05) is 74.9 Å². The van der Waals surface area contributed by atoms with E-state index in [1.54, 1.807) is 32.0 Å². The number of ether oxygens (including phenoxy) is 2. The molecule has 8 nitrogen and oxygen atoms in total. The maximum Gasteiger partial charge on any atom is 0.335 e. The van der Waals surface area contributed by atoms with Crippen LogP contribution < -0.4 is 0 Å². The molecule has 0 aliphatic rings. The lowest BCUT2D eigenvalue weighted by molar-refractivity contribution is -0.157. The van der Waals surface area contributed by atoms with Gasteiger partial charge in [0, 0.05) is 6.42 Å². The number of carbonyl (C=O) groups excluding carboxylic acids is 1. The third kappa shape index (κ3) is 10.4. The van der Waals surface area contributed by atoms with Crippen molar-refractivity contribution in [3.8, 4) is 0 Å². The fraction of sp³-hybridized carbons (Fsp3) is 0.533. The first kappa shape index (κ1) is 32.5. The van der Waals surface area contributed by atoms with Crippen LogP contribution in [0.5, 0.6) is 0 Å². The highest BCUT2D eigenvalue weighted by Crippen LogP contribution is 2.34. The molecule has 2 atom stereocenters. The molecule has 2 rings (SSSR count). The Kier molecular flexibility index (Phi) is 12.1. The van der Waals surface area contributed by atoms with Crippen molar-refractivity contribution in [1.82, 2.24) is 0 Å². The normalized spacial score (nSPS) is 14.4. The Morgan fingerprint density at radius 2 is 1.64 bits per heavy atom. The molecule has 2 N–H and O–H groups in total. The molecule has 0 aromatic heterocycles. The van der Waals surface area contributed by atoms with Crippen molar-refractivity contribution >= 4 is 21.8 Å².